The fraction of sp³-hybridized carbons (Fsp3) is 0.250. The molecule has 5 nitrogen and oxygen atoms in total. The van der Waals surface area contributed by atoms with Crippen LogP contribution in [0, 0.1) is 0 Å². The van der Waals surface area contributed by atoms with Crippen LogP contribution in [-0.4, -0.2) is 29.9 Å². The summed E-state index contributed by atoms with van der Waals surface area (Å²) in [5.41, 5.74) is 3.20. The number of fused-ring (bicyclic) bond motifs is 1. The van der Waals surface area contributed by atoms with Crippen molar-refractivity contribution in [3.8, 4) is 0 Å². The maximum Gasteiger partial charge on any atom is 0.249 e. The van der Waals surface area contributed by atoms with E-state index in [1.165, 1.54) is 11.8 Å². The van der Waals surface area contributed by atoms with E-state index >= 15 is 0 Å². The summed E-state index contributed by atoms with van der Waals surface area (Å²) in [6.45, 7) is 0.309. The second kappa shape index (κ2) is 5.90. The molecule has 2 rings (SSSR count). The summed E-state index contributed by atoms with van der Waals surface area (Å²) in [6.07, 6.45) is 0. The normalized spacial score (nSPS) is 12.6. The molecule has 6 heteroatoms. The van der Waals surface area contributed by atoms with Gasteiger partial charge in [-0.15, -0.1) is 0 Å². The van der Waals surface area contributed by atoms with Crippen LogP contribution in [0.25, 0.3) is 10.9 Å². The second-order valence-electron chi connectivity index (χ2n) is 3.79. The molecule has 1 heterocycles. The number of ether oxygens (including phenoxy) is 1. The SMILES string of the molecule is COCC(Sc1cc2ccccc2[nH]1)C(=O)NN. The maximum atomic E-state index is 11.6. The van der Waals surface area contributed by atoms with Crippen molar-refractivity contribution in [2.24, 2.45) is 5.84 Å². The third-order valence-electron chi connectivity index (χ3n) is 2.53. The Morgan fingerprint density at radius 2 is 2.33 bits per heavy atom. The molecule has 0 aliphatic rings. The van der Waals surface area contributed by atoms with E-state index in [2.05, 4.69) is 10.4 Å². The first-order valence-corrected chi connectivity index (χ1v) is 6.36. The van der Waals surface area contributed by atoms with Crippen molar-refractivity contribution < 1.29 is 9.53 Å². The highest BCUT2D eigenvalue weighted by Crippen LogP contribution is 2.26. The molecule has 2 aromatic rings. The van der Waals surface area contributed by atoms with Gasteiger partial charge in [-0.3, -0.25) is 10.2 Å². The quantitative estimate of drug-likeness (QED) is 0.329. The summed E-state index contributed by atoms with van der Waals surface area (Å²) in [5, 5.41) is 1.67. The number of para-hydroxylation sites is 1. The van der Waals surface area contributed by atoms with Crippen LogP contribution in [-0.2, 0) is 9.53 Å². The number of hydrogen-bond acceptors (Lipinski definition) is 4. The summed E-state index contributed by atoms with van der Waals surface area (Å²) < 4.78 is 5.02. The number of H-pyrrole nitrogens is 1. The van der Waals surface area contributed by atoms with Gasteiger partial charge >= 0.3 is 0 Å². The molecular weight excluding hydrogens is 250 g/mol. The van der Waals surface area contributed by atoms with Crippen molar-refractivity contribution in [2.45, 2.75) is 10.3 Å². The Morgan fingerprint density at radius 3 is 3.00 bits per heavy atom. The number of aromatic amines is 1. The van der Waals surface area contributed by atoms with Crippen molar-refractivity contribution in [3.63, 3.8) is 0 Å². The van der Waals surface area contributed by atoms with Crippen LogP contribution in [0.2, 0.25) is 0 Å². The minimum Gasteiger partial charge on any atom is -0.383 e. The summed E-state index contributed by atoms with van der Waals surface area (Å²) >= 11 is 1.40. The third-order valence-corrected chi connectivity index (χ3v) is 3.64. The molecular formula is C12H15N3O2S. The predicted molar refractivity (Wildman–Crippen MR) is 72.1 cm³/mol. The number of amides is 1. The highest BCUT2D eigenvalue weighted by molar-refractivity contribution is 8.00. The molecule has 0 saturated carbocycles. The number of hydrogen-bond donors (Lipinski definition) is 3. The molecule has 4 N–H and O–H groups in total. The van der Waals surface area contributed by atoms with Crippen LogP contribution in [0.15, 0.2) is 35.4 Å². The zero-order valence-electron chi connectivity index (χ0n) is 9.97. The molecule has 0 aliphatic heterocycles. The first-order chi connectivity index (χ1) is 8.74. The van der Waals surface area contributed by atoms with Crippen LogP contribution in [0.1, 0.15) is 0 Å². The molecule has 1 aromatic carbocycles. The first kappa shape index (κ1) is 12.9. The number of methoxy groups -OCH3 is 1. The van der Waals surface area contributed by atoms with Crippen molar-refractivity contribution in [2.75, 3.05) is 13.7 Å². The van der Waals surface area contributed by atoms with Gasteiger partial charge in [0.05, 0.1) is 11.6 Å². The van der Waals surface area contributed by atoms with Gasteiger partial charge in [0.15, 0.2) is 0 Å². The van der Waals surface area contributed by atoms with Crippen LogP contribution in [0.5, 0.6) is 0 Å². The zero-order chi connectivity index (χ0) is 13.0. The van der Waals surface area contributed by atoms with E-state index in [4.69, 9.17) is 10.6 Å². The molecule has 1 unspecified atom stereocenters. The molecule has 0 spiro atoms. The number of carbonyl (C=O) groups excluding carboxylic acids is 1. The Hall–Kier alpha value is -1.50. The number of carbonyl (C=O) groups is 1. The lowest BCUT2D eigenvalue weighted by Gasteiger charge is -2.12. The Labute approximate surface area is 109 Å². The number of benzene rings is 1. The summed E-state index contributed by atoms with van der Waals surface area (Å²) in [4.78, 5) is 14.8. The van der Waals surface area contributed by atoms with E-state index in [-0.39, 0.29) is 11.2 Å². The number of nitrogens with two attached hydrogens (primary N) is 1. The molecule has 0 bridgehead atoms. The Bertz CT molecular complexity index is 508. The summed E-state index contributed by atoms with van der Waals surface area (Å²) in [7, 11) is 1.56. The number of rotatable bonds is 5. The number of hydrazine groups is 1. The molecule has 0 aliphatic carbocycles. The van der Waals surface area contributed by atoms with Gasteiger partial charge in [-0.05, 0) is 12.1 Å². The largest absolute Gasteiger partial charge is 0.383 e. The van der Waals surface area contributed by atoms with Crippen molar-refractivity contribution in [1.82, 2.24) is 10.4 Å². The average Bonchev–Trinajstić information content (AvgIpc) is 2.79. The molecule has 18 heavy (non-hydrogen) atoms. The summed E-state index contributed by atoms with van der Waals surface area (Å²) in [6, 6.07) is 9.96. The molecule has 0 fully saturated rings. The second-order valence-corrected chi connectivity index (χ2v) is 5.04. The van der Waals surface area contributed by atoms with Crippen molar-refractivity contribution >= 4 is 28.6 Å². The minimum atomic E-state index is -0.368. The lowest BCUT2D eigenvalue weighted by atomic mass is 10.3. The lowest BCUT2D eigenvalue weighted by molar-refractivity contribution is -0.121. The number of aromatic nitrogens is 1. The molecule has 1 atom stereocenters. The van der Waals surface area contributed by atoms with Gasteiger partial charge < -0.3 is 9.72 Å². The van der Waals surface area contributed by atoms with Crippen molar-refractivity contribution in [1.29, 1.82) is 0 Å². The molecule has 0 radical (unpaired) electrons. The molecule has 1 amide bonds. The van der Waals surface area contributed by atoms with E-state index in [1.807, 2.05) is 30.3 Å². The third kappa shape index (κ3) is 2.84. The van der Waals surface area contributed by atoms with E-state index in [1.54, 1.807) is 7.11 Å². The van der Waals surface area contributed by atoms with Gasteiger partial charge in [-0.1, -0.05) is 30.0 Å². The number of nitrogens with one attached hydrogen (secondary N) is 2. The van der Waals surface area contributed by atoms with Crippen molar-refractivity contribution in [3.05, 3.63) is 30.3 Å². The zero-order valence-corrected chi connectivity index (χ0v) is 10.8. The minimum absolute atomic E-state index is 0.250. The highest BCUT2D eigenvalue weighted by atomic mass is 32.2. The fourth-order valence-electron chi connectivity index (χ4n) is 1.67. The van der Waals surface area contributed by atoms with E-state index in [0.717, 1.165) is 15.9 Å². The standard InChI is InChI=1S/C12H15N3O2S/c1-17-7-10(12(16)15-13)18-11-6-8-4-2-3-5-9(8)14-11/h2-6,10,14H,7,13H2,1H3,(H,15,16). The van der Waals surface area contributed by atoms with Gasteiger partial charge in [0, 0.05) is 18.0 Å². The van der Waals surface area contributed by atoms with E-state index in [0.29, 0.717) is 6.61 Å². The Kier molecular flexibility index (Phi) is 4.24. The first-order valence-electron chi connectivity index (χ1n) is 5.48. The van der Waals surface area contributed by atoms with E-state index < -0.39 is 0 Å². The molecule has 1 aromatic heterocycles. The molecule has 0 saturated heterocycles. The fourth-order valence-corrected chi connectivity index (χ4v) is 2.72. The van der Waals surface area contributed by atoms with Gasteiger partial charge in [-0.2, -0.15) is 0 Å². The maximum absolute atomic E-state index is 11.6. The Balaban J connectivity index is 2.17. The topological polar surface area (TPSA) is 80.1 Å². The lowest BCUT2D eigenvalue weighted by Crippen LogP contribution is -2.39. The van der Waals surface area contributed by atoms with Gasteiger partial charge in [0.25, 0.3) is 0 Å². The van der Waals surface area contributed by atoms with Gasteiger partial charge in [0.2, 0.25) is 5.91 Å². The monoisotopic (exact) mass is 265 g/mol. The molecule has 96 valence electrons. The van der Waals surface area contributed by atoms with E-state index in [9.17, 15) is 4.79 Å². The smallest absolute Gasteiger partial charge is 0.249 e. The van der Waals surface area contributed by atoms with Crippen LogP contribution in [0.4, 0.5) is 0 Å². The number of thioether (sulfide) groups is 1. The van der Waals surface area contributed by atoms with Crippen LogP contribution < -0.4 is 11.3 Å². The summed E-state index contributed by atoms with van der Waals surface area (Å²) in [5.74, 6) is 4.90. The van der Waals surface area contributed by atoms with Crippen LogP contribution in [0.3, 0.4) is 0 Å². The highest BCUT2D eigenvalue weighted by Gasteiger charge is 2.19. The van der Waals surface area contributed by atoms with Crippen LogP contribution >= 0.6 is 11.8 Å². The average molecular weight is 265 g/mol. The van der Waals surface area contributed by atoms with Gasteiger partial charge in [-0.25, -0.2) is 5.84 Å². The Morgan fingerprint density at radius 1 is 1.56 bits per heavy atom. The predicted octanol–water partition coefficient (Wildman–Crippen LogP) is 1.26. The van der Waals surface area contributed by atoms with Gasteiger partial charge in [0.1, 0.15) is 5.25 Å².